The second-order valence-electron chi connectivity index (χ2n) is 4.79. The summed E-state index contributed by atoms with van der Waals surface area (Å²) in [4.78, 5) is 25.8. The fourth-order valence-electron chi connectivity index (χ4n) is 3.02. The predicted molar refractivity (Wildman–Crippen MR) is 71.8 cm³/mol. The topological polar surface area (TPSA) is 64.8 Å². The highest BCUT2D eigenvalue weighted by molar-refractivity contribution is 6.20. The van der Waals surface area contributed by atoms with E-state index < -0.39 is 17.6 Å². The van der Waals surface area contributed by atoms with Crippen LogP contribution in [0.15, 0.2) is 41.7 Å². The van der Waals surface area contributed by atoms with Crippen LogP contribution in [0.1, 0.15) is 11.6 Å². The van der Waals surface area contributed by atoms with Gasteiger partial charge in [-0.15, -0.1) is 0 Å². The third-order valence-electron chi connectivity index (χ3n) is 3.92. The lowest BCUT2D eigenvalue weighted by Crippen LogP contribution is -2.22. The van der Waals surface area contributed by atoms with E-state index in [4.69, 9.17) is 9.47 Å². The molecular formula is C15H15NO5. The van der Waals surface area contributed by atoms with Crippen LogP contribution in [0.3, 0.4) is 0 Å². The first-order valence-electron chi connectivity index (χ1n) is 6.44. The van der Waals surface area contributed by atoms with Crippen molar-refractivity contribution in [2.24, 2.45) is 0 Å². The average Bonchev–Trinajstić information content (AvgIpc) is 3.14. The normalized spacial score (nSPS) is 26.7. The summed E-state index contributed by atoms with van der Waals surface area (Å²) in [6.45, 7) is 0. The molecule has 6 nitrogen and oxygen atoms in total. The lowest BCUT2D eigenvalue weighted by atomic mass is 10.0. The van der Waals surface area contributed by atoms with Gasteiger partial charge in [-0.25, -0.2) is 4.79 Å². The van der Waals surface area contributed by atoms with Gasteiger partial charge in [0.15, 0.2) is 11.3 Å². The summed E-state index contributed by atoms with van der Waals surface area (Å²) >= 11 is 0. The van der Waals surface area contributed by atoms with Gasteiger partial charge in [0.25, 0.3) is 5.91 Å². The van der Waals surface area contributed by atoms with Gasteiger partial charge >= 0.3 is 5.97 Å². The van der Waals surface area contributed by atoms with Gasteiger partial charge in [0.05, 0.1) is 14.2 Å². The minimum Gasteiger partial charge on any atom is -0.495 e. The molecule has 0 aromatic heterocycles. The Hall–Kier alpha value is -2.34. The SMILES string of the molecule is COC(=O)C1=C(OC)C2(OC)C(c3ccccc3)N2C1=O. The van der Waals surface area contributed by atoms with E-state index in [-0.39, 0.29) is 17.4 Å². The molecule has 1 fully saturated rings. The molecular weight excluding hydrogens is 274 g/mol. The number of methoxy groups -OCH3 is 3. The van der Waals surface area contributed by atoms with Crippen molar-refractivity contribution >= 4 is 11.9 Å². The summed E-state index contributed by atoms with van der Waals surface area (Å²) in [6, 6.07) is 9.18. The zero-order valence-electron chi connectivity index (χ0n) is 12.0. The monoisotopic (exact) mass is 289 g/mol. The quantitative estimate of drug-likeness (QED) is 0.470. The van der Waals surface area contributed by atoms with Crippen LogP contribution in [0.25, 0.3) is 0 Å². The molecule has 1 aromatic carbocycles. The fourth-order valence-corrected chi connectivity index (χ4v) is 3.02. The maximum Gasteiger partial charge on any atom is 0.347 e. The number of hydrogen-bond acceptors (Lipinski definition) is 5. The van der Waals surface area contributed by atoms with Crippen LogP contribution in [0.2, 0.25) is 0 Å². The molecule has 3 rings (SSSR count). The maximum absolute atomic E-state index is 12.5. The van der Waals surface area contributed by atoms with Crippen LogP contribution in [0.5, 0.6) is 0 Å². The number of ether oxygens (including phenoxy) is 3. The third-order valence-corrected chi connectivity index (χ3v) is 3.92. The second kappa shape index (κ2) is 4.60. The number of carbonyl (C=O) groups excluding carboxylic acids is 2. The standard InChI is InChI=1S/C15H15NO5/c1-19-12-10(14(18)20-2)13(17)16-11(15(12,16)21-3)9-7-5-4-6-8-9/h4-8,11H,1-3H3. The van der Waals surface area contributed by atoms with Crippen LogP contribution in [0, 0.1) is 0 Å². The number of benzene rings is 1. The molecule has 110 valence electrons. The molecule has 2 atom stereocenters. The summed E-state index contributed by atoms with van der Waals surface area (Å²) < 4.78 is 15.5. The van der Waals surface area contributed by atoms with Crippen molar-refractivity contribution in [2.45, 2.75) is 11.8 Å². The summed E-state index contributed by atoms with van der Waals surface area (Å²) in [6.07, 6.45) is 0. The smallest absolute Gasteiger partial charge is 0.347 e. The van der Waals surface area contributed by atoms with Gasteiger partial charge in [-0.2, -0.15) is 0 Å². The van der Waals surface area contributed by atoms with Gasteiger partial charge in [-0.3, -0.25) is 9.69 Å². The van der Waals surface area contributed by atoms with Gasteiger partial charge < -0.3 is 14.2 Å². The Bertz CT molecular complexity index is 639. The Morgan fingerprint density at radius 2 is 1.86 bits per heavy atom. The third kappa shape index (κ3) is 1.56. The molecule has 0 N–H and O–H groups in total. The molecule has 2 aliphatic heterocycles. The zero-order chi connectivity index (χ0) is 15.2. The molecule has 1 aromatic rings. The largest absolute Gasteiger partial charge is 0.495 e. The van der Waals surface area contributed by atoms with Crippen LogP contribution >= 0.6 is 0 Å². The highest BCUT2D eigenvalue weighted by atomic mass is 16.6. The van der Waals surface area contributed by atoms with Gasteiger partial charge in [0, 0.05) is 7.11 Å². The molecule has 21 heavy (non-hydrogen) atoms. The number of rotatable bonds is 4. The molecule has 1 amide bonds. The van der Waals surface area contributed by atoms with Crippen LogP contribution in [0.4, 0.5) is 0 Å². The zero-order valence-corrected chi connectivity index (χ0v) is 12.0. The molecule has 2 unspecified atom stereocenters. The molecule has 1 saturated heterocycles. The summed E-state index contributed by atoms with van der Waals surface area (Å²) in [5.74, 6) is -0.947. The van der Waals surface area contributed by atoms with Gasteiger partial charge in [0.1, 0.15) is 6.04 Å². The molecule has 2 heterocycles. The number of hydrogen-bond donors (Lipinski definition) is 0. The molecule has 6 heteroatoms. The minimum absolute atomic E-state index is 0.103. The summed E-state index contributed by atoms with van der Waals surface area (Å²) in [5.41, 5.74) is -0.225. The molecule has 2 aliphatic rings. The summed E-state index contributed by atoms with van der Waals surface area (Å²) in [7, 11) is 4.13. The average molecular weight is 289 g/mol. The van der Waals surface area contributed by atoms with Crippen molar-refractivity contribution in [3.05, 3.63) is 47.2 Å². The van der Waals surface area contributed by atoms with Crippen molar-refractivity contribution in [3.8, 4) is 0 Å². The lowest BCUT2D eigenvalue weighted by Gasteiger charge is -2.15. The van der Waals surface area contributed by atoms with E-state index in [9.17, 15) is 9.59 Å². The van der Waals surface area contributed by atoms with Gasteiger partial charge in [-0.1, -0.05) is 30.3 Å². The Morgan fingerprint density at radius 1 is 1.19 bits per heavy atom. The maximum atomic E-state index is 12.5. The Labute approximate surface area is 121 Å². The highest BCUT2D eigenvalue weighted by Gasteiger charge is 2.76. The number of esters is 1. The predicted octanol–water partition coefficient (Wildman–Crippen LogP) is 1.000. The number of nitrogens with zero attached hydrogens (tertiary/aromatic N) is 1. The molecule has 0 aliphatic carbocycles. The Balaban J connectivity index is 2.09. The molecule has 0 spiro atoms. The van der Waals surface area contributed by atoms with Gasteiger partial charge in [0.2, 0.25) is 5.72 Å². The fraction of sp³-hybridized carbons (Fsp3) is 0.333. The Kier molecular flexibility index (Phi) is 2.98. The van der Waals surface area contributed by atoms with Crippen molar-refractivity contribution < 1.29 is 23.8 Å². The first kappa shape index (κ1) is 13.6. The van der Waals surface area contributed by atoms with E-state index in [1.165, 1.54) is 26.2 Å². The van der Waals surface area contributed by atoms with Crippen LogP contribution < -0.4 is 0 Å². The van der Waals surface area contributed by atoms with E-state index in [0.29, 0.717) is 0 Å². The lowest BCUT2D eigenvalue weighted by molar-refractivity contribution is -0.138. The van der Waals surface area contributed by atoms with Crippen molar-refractivity contribution in [3.63, 3.8) is 0 Å². The van der Waals surface area contributed by atoms with E-state index >= 15 is 0 Å². The first-order valence-corrected chi connectivity index (χ1v) is 6.44. The van der Waals surface area contributed by atoms with E-state index in [0.717, 1.165) is 5.56 Å². The van der Waals surface area contributed by atoms with Crippen LogP contribution in [-0.4, -0.2) is 43.8 Å². The van der Waals surface area contributed by atoms with Crippen molar-refractivity contribution in [2.75, 3.05) is 21.3 Å². The van der Waals surface area contributed by atoms with Crippen molar-refractivity contribution in [1.29, 1.82) is 0 Å². The summed E-state index contributed by atoms with van der Waals surface area (Å²) in [5, 5.41) is 0. The van der Waals surface area contributed by atoms with Gasteiger partial charge in [-0.05, 0) is 5.56 Å². The highest BCUT2D eigenvalue weighted by Crippen LogP contribution is 2.63. The van der Waals surface area contributed by atoms with Crippen LogP contribution in [-0.2, 0) is 23.8 Å². The number of carbonyl (C=O) groups is 2. The van der Waals surface area contributed by atoms with E-state index in [1.807, 2.05) is 30.3 Å². The minimum atomic E-state index is -1.04. The molecule has 0 radical (unpaired) electrons. The second-order valence-corrected chi connectivity index (χ2v) is 4.79. The number of fused-ring (bicyclic) bond motifs is 1. The first-order chi connectivity index (χ1) is 10.1. The van der Waals surface area contributed by atoms with E-state index in [2.05, 4.69) is 4.74 Å². The van der Waals surface area contributed by atoms with E-state index in [1.54, 1.807) is 0 Å². The van der Waals surface area contributed by atoms with Crippen molar-refractivity contribution in [1.82, 2.24) is 4.90 Å². The molecule has 0 bridgehead atoms. The molecule has 0 saturated carbocycles. The Morgan fingerprint density at radius 3 is 2.38 bits per heavy atom. The number of amides is 1.